The molecule has 4 nitrogen and oxygen atoms in total. The van der Waals surface area contributed by atoms with Crippen LogP contribution in [0.1, 0.15) is 5.56 Å². The van der Waals surface area contributed by atoms with Crippen LogP contribution in [0.5, 0.6) is 0 Å². The van der Waals surface area contributed by atoms with E-state index in [4.69, 9.17) is 27.9 Å². The largest absolute Gasteiger partial charge is 0.452 e. The van der Waals surface area contributed by atoms with Gasteiger partial charge in [-0.25, -0.2) is 9.18 Å². The van der Waals surface area contributed by atoms with Crippen LogP contribution >= 0.6 is 23.2 Å². The van der Waals surface area contributed by atoms with E-state index in [1.54, 1.807) is 18.2 Å². The van der Waals surface area contributed by atoms with Gasteiger partial charge in [0.2, 0.25) is 0 Å². The topological polar surface area (TPSA) is 55.4 Å². The number of carbonyl (C=O) groups excluding carboxylic acids is 2. The number of hydrogen-bond acceptors (Lipinski definition) is 3. The summed E-state index contributed by atoms with van der Waals surface area (Å²) in [5.41, 5.74) is 0.822. The van der Waals surface area contributed by atoms with E-state index in [1.165, 1.54) is 24.3 Å². The number of amides is 1. The summed E-state index contributed by atoms with van der Waals surface area (Å²) in [6.45, 7) is -0.497. The van der Waals surface area contributed by atoms with Crippen LogP contribution in [0.2, 0.25) is 10.0 Å². The number of benzene rings is 2. The summed E-state index contributed by atoms with van der Waals surface area (Å²) < 4.78 is 17.8. The van der Waals surface area contributed by atoms with Crippen molar-refractivity contribution in [2.45, 2.75) is 0 Å². The molecule has 0 unspecified atom stereocenters. The molecule has 7 heteroatoms. The molecule has 0 fully saturated rings. The lowest BCUT2D eigenvalue weighted by atomic mass is 10.2. The molecule has 0 atom stereocenters. The highest BCUT2D eigenvalue weighted by Gasteiger charge is 2.07. The monoisotopic (exact) mass is 367 g/mol. The predicted octanol–water partition coefficient (Wildman–Crippen LogP) is 4.33. The Labute approximate surface area is 147 Å². The zero-order valence-corrected chi connectivity index (χ0v) is 13.8. The first-order chi connectivity index (χ1) is 11.5. The minimum absolute atomic E-state index is 0.275. The van der Waals surface area contributed by atoms with Gasteiger partial charge in [0.1, 0.15) is 5.82 Å². The summed E-state index contributed by atoms with van der Waals surface area (Å²) >= 11 is 11.8. The lowest BCUT2D eigenvalue weighted by Crippen LogP contribution is -2.20. The SMILES string of the molecule is O=C(COC(=O)/C=C/c1cccc(Cl)c1Cl)Nc1cccc(F)c1. The van der Waals surface area contributed by atoms with E-state index in [0.717, 1.165) is 12.1 Å². The molecule has 0 bridgehead atoms. The van der Waals surface area contributed by atoms with Gasteiger partial charge in [0.15, 0.2) is 6.61 Å². The second-order valence-electron chi connectivity index (χ2n) is 4.64. The average molecular weight is 368 g/mol. The number of carbonyl (C=O) groups is 2. The Hall–Kier alpha value is -2.37. The maximum atomic E-state index is 13.0. The lowest BCUT2D eigenvalue weighted by molar-refractivity contribution is -0.142. The van der Waals surface area contributed by atoms with Crippen LogP contribution in [-0.2, 0) is 14.3 Å². The molecule has 24 heavy (non-hydrogen) atoms. The van der Waals surface area contributed by atoms with Crippen LogP contribution in [0.25, 0.3) is 6.08 Å². The summed E-state index contributed by atoms with van der Waals surface area (Å²) in [5.74, 6) is -1.78. The molecule has 0 saturated carbocycles. The minimum Gasteiger partial charge on any atom is -0.452 e. The van der Waals surface area contributed by atoms with Crippen molar-refractivity contribution in [1.82, 2.24) is 0 Å². The molecule has 0 aromatic heterocycles. The first-order valence-electron chi connectivity index (χ1n) is 6.80. The van der Waals surface area contributed by atoms with Crippen molar-refractivity contribution in [1.29, 1.82) is 0 Å². The smallest absolute Gasteiger partial charge is 0.331 e. The van der Waals surface area contributed by atoms with Crippen molar-refractivity contribution in [3.05, 3.63) is 70.0 Å². The van der Waals surface area contributed by atoms with E-state index in [1.807, 2.05) is 0 Å². The van der Waals surface area contributed by atoms with Gasteiger partial charge in [0.25, 0.3) is 5.91 Å². The molecular weight excluding hydrogens is 356 g/mol. The van der Waals surface area contributed by atoms with Crippen molar-refractivity contribution in [2.75, 3.05) is 11.9 Å². The number of esters is 1. The van der Waals surface area contributed by atoms with Crippen molar-refractivity contribution in [2.24, 2.45) is 0 Å². The van der Waals surface area contributed by atoms with Gasteiger partial charge in [-0.15, -0.1) is 0 Å². The molecule has 0 aliphatic carbocycles. The van der Waals surface area contributed by atoms with Gasteiger partial charge in [-0.2, -0.15) is 0 Å². The van der Waals surface area contributed by atoms with Crippen LogP contribution in [0.15, 0.2) is 48.5 Å². The molecule has 0 saturated heterocycles. The first kappa shape index (κ1) is 18.0. The molecule has 124 valence electrons. The molecule has 0 heterocycles. The molecule has 2 aromatic rings. The lowest BCUT2D eigenvalue weighted by Gasteiger charge is -2.05. The number of rotatable bonds is 5. The fraction of sp³-hybridized carbons (Fsp3) is 0.0588. The van der Waals surface area contributed by atoms with E-state index in [0.29, 0.717) is 15.6 Å². The quantitative estimate of drug-likeness (QED) is 0.632. The Morgan fingerprint density at radius 2 is 1.92 bits per heavy atom. The number of hydrogen-bond donors (Lipinski definition) is 1. The summed E-state index contributed by atoms with van der Waals surface area (Å²) in [4.78, 5) is 23.2. The van der Waals surface area contributed by atoms with Crippen LogP contribution in [0, 0.1) is 5.82 Å². The fourth-order valence-electron chi connectivity index (χ4n) is 1.76. The second kappa shape index (κ2) is 8.47. The first-order valence-corrected chi connectivity index (χ1v) is 7.55. The van der Waals surface area contributed by atoms with Crippen LogP contribution in [0.3, 0.4) is 0 Å². The van der Waals surface area contributed by atoms with Gasteiger partial charge in [0, 0.05) is 11.8 Å². The Morgan fingerprint density at radius 3 is 2.67 bits per heavy atom. The van der Waals surface area contributed by atoms with Crippen LogP contribution < -0.4 is 5.32 Å². The van der Waals surface area contributed by atoms with Gasteiger partial charge in [0.05, 0.1) is 10.0 Å². The highest BCUT2D eigenvalue weighted by atomic mass is 35.5. The number of anilines is 1. The van der Waals surface area contributed by atoms with Gasteiger partial charge in [-0.1, -0.05) is 41.4 Å². The average Bonchev–Trinajstić information content (AvgIpc) is 2.54. The van der Waals surface area contributed by atoms with E-state index in [2.05, 4.69) is 5.32 Å². The summed E-state index contributed by atoms with van der Waals surface area (Å²) in [6.07, 6.45) is 2.56. The second-order valence-corrected chi connectivity index (χ2v) is 5.43. The van der Waals surface area contributed by atoms with Crippen molar-refractivity contribution in [3.63, 3.8) is 0 Å². The van der Waals surface area contributed by atoms with Gasteiger partial charge in [-0.05, 0) is 35.9 Å². The highest BCUT2D eigenvalue weighted by molar-refractivity contribution is 6.42. The van der Waals surface area contributed by atoms with Crippen molar-refractivity contribution >= 4 is 46.8 Å². The zero-order chi connectivity index (χ0) is 17.5. The number of halogens is 3. The number of ether oxygens (including phenoxy) is 1. The van der Waals surface area contributed by atoms with Gasteiger partial charge < -0.3 is 10.1 Å². The predicted molar refractivity (Wildman–Crippen MR) is 91.5 cm³/mol. The number of nitrogens with one attached hydrogen (secondary N) is 1. The highest BCUT2D eigenvalue weighted by Crippen LogP contribution is 2.26. The van der Waals surface area contributed by atoms with Crippen LogP contribution in [-0.4, -0.2) is 18.5 Å². The summed E-state index contributed by atoms with van der Waals surface area (Å²) in [7, 11) is 0. The Balaban J connectivity index is 1.85. The Bertz CT molecular complexity index is 793. The fourth-order valence-corrected chi connectivity index (χ4v) is 2.13. The molecule has 1 N–H and O–H groups in total. The normalized spacial score (nSPS) is 10.6. The van der Waals surface area contributed by atoms with Crippen molar-refractivity contribution in [3.8, 4) is 0 Å². The van der Waals surface area contributed by atoms with Crippen molar-refractivity contribution < 1.29 is 18.7 Å². The summed E-state index contributed by atoms with van der Waals surface area (Å²) in [6, 6.07) is 10.4. The van der Waals surface area contributed by atoms with E-state index in [9.17, 15) is 14.0 Å². The standard InChI is InChI=1S/C17H12Cl2FNO3/c18-14-6-1-3-11(17(14)19)7-8-16(23)24-10-15(22)21-13-5-2-4-12(20)9-13/h1-9H,10H2,(H,21,22)/b8-7+. The third-order valence-electron chi connectivity index (χ3n) is 2.83. The van der Waals surface area contributed by atoms with Gasteiger partial charge >= 0.3 is 5.97 Å². The van der Waals surface area contributed by atoms with E-state index < -0.39 is 24.3 Å². The van der Waals surface area contributed by atoms with Gasteiger partial charge in [-0.3, -0.25) is 4.79 Å². The molecule has 2 rings (SSSR count). The third-order valence-corrected chi connectivity index (χ3v) is 3.67. The van der Waals surface area contributed by atoms with E-state index >= 15 is 0 Å². The zero-order valence-electron chi connectivity index (χ0n) is 12.3. The molecule has 0 radical (unpaired) electrons. The maximum Gasteiger partial charge on any atom is 0.331 e. The molecule has 0 spiro atoms. The Morgan fingerprint density at radius 1 is 1.17 bits per heavy atom. The van der Waals surface area contributed by atoms with Crippen LogP contribution in [0.4, 0.5) is 10.1 Å². The summed E-state index contributed by atoms with van der Waals surface area (Å²) in [5, 5.41) is 3.08. The molecule has 1 amide bonds. The molecule has 0 aliphatic heterocycles. The molecule has 2 aromatic carbocycles. The molecule has 0 aliphatic rings. The third kappa shape index (κ3) is 5.37. The molecular formula is C17H12Cl2FNO3. The minimum atomic E-state index is -0.722. The maximum absolute atomic E-state index is 13.0. The van der Waals surface area contributed by atoms with E-state index in [-0.39, 0.29) is 5.69 Å². The Kier molecular flexibility index (Phi) is 6.35.